The fourth-order valence-electron chi connectivity index (χ4n) is 2.62. The van der Waals surface area contributed by atoms with Crippen molar-refractivity contribution in [2.75, 3.05) is 0 Å². The van der Waals surface area contributed by atoms with Gasteiger partial charge in [0.15, 0.2) is 0 Å². The van der Waals surface area contributed by atoms with E-state index in [1.807, 2.05) is 0 Å². The Labute approximate surface area is 118 Å². The first-order valence-electron chi connectivity index (χ1n) is 6.45. The second kappa shape index (κ2) is 3.99. The number of phenols is 2. The number of phenolic OH excluding ortho intramolecular Hbond substituents is 2. The van der Waals surface area contributed by atoms with Gasteiger partial charge in [-0.1, -0.05) is 6.07 Å². The van der Waals surface area contributed by atoms with Gasteiger partial charge in [-0.15, -0.1) is 0 Å². The van der Waals surface area contributed by atoms with Gasteiger partial charge in [0.25, 0.3) is 0 Å². The third-order valence-electron chi connectivity index (χ3n) is 3.62. The van der Waals surface area contributed by atoms with Crippen LogP contribution in [0.15, 0.2) is 57.7 Å². The maximum absolute atomic E-state index is 12.5. The minimum absolute atomic E-state index is 0.0443. The number of hydrogen-bond acceptors (Lipinski definition) is 4. The predicted octanol–water partition coefficient (Wildman–Crippen LogP) is 3.51. The molecule has 0 saturated carbocycles. The fraction of sp³-hybridized carbons (Fsp3) is 0. The summed E-state index contributed by atoms with van der Waals surface area (Å²) < 4.78 is 5.82. The van der Waals surface area contributed by atoms with Gasteiger partial charge in [0, 0.05) is 11.5 Å². The van der Waals surface area contributed by atoms with Crippen molar-refractivity contribution in [3.05, 3.63) is 58.8 Å². The van der Waals surface area contributed by atoms with E-state index >= 15 is 0 Å². The summed E-state index contributed by atoms with van der Waals surface area (Å²) in [6.45, 7) is 0. The van der Waals surface area contributed by atoms with E-state index in [1.54, 1.807) is 36.4 Å². The van der Waals surface area contributed by atoms with E-state index in [1.165, 1.54) is 12.1 Å². The van der Waals surface area contributed by atoms with Crippen molar-refractivity contribution in [3.8, 4) is 11.5 Å². The average molecular weight is 278 g/mol. The number of benzene rings is 3. The summed E-state index contributed by atoms with van der Waals surface area (Å²) in [4.78, 5) is 12.5. The Balaban J connectivity index is 2.28. The average Bonchev–Trinajstić information content (AvgIpc) is 2.46. The lowest BCUT2D eigenvalue weighted by Gasteiger charge is -2.05. The molecule has 0 saturated heterocycles. The molecule has 4 heteroatoms. The Bertz CT molecular complexity index is 1080. The van der Waals surface area contributed by atoms with Crippen LogP contribution in [-0.2, 0) is 0 Å². The van der Waals surface area contributed by atoms with Gasteiger partial charge in [-0.25, -0.2) is 0 Å². The molecular formula is C17H10O4. The highest BCUT2D eigenvalue weighted by Gasteiger charge is 2.11. The molecule has 0 fully saturated rings. The maximum Gasteiger partial charge on any atom is 0.200 e. The van der Waals surface area contributed by atoms with Gasteiger partial charge >= 0.3 is 0 Å². The standard InChI is InChI=1S/C17H10O4/c18-10-2-5-12-9(7-10)1-4-14-16(20)13-6-3-11(19)8-15(13)21-17(12)14/h1-8,18-19H. The summed E-state index contributed by atoms with van der Waals surface area (Å²) in [5.41, 5.74) is 0.657. The minimum Gasteiger partial charge on any atom is -0.508 e. The van der Waals surface area contributed by atoms with Gasteiger partial charge in [0.05, 0.1) is 10.8 Å². The molecule has 21 heavy (non-hydrogen) atoms. The van der Waals surface area contributed by atoms with E-state index in [0.29, 0.717) is 21.9 Å². The molecule has 4 aromatic rings. The smallest absolute Gasteiger partial charge is 0.200 e. The summed E-state index contributed by atoms with van der Waals surface area (Å²) >= 11 is 0. The summed E-state index contributed by atoms with van der Waals surface area (Å²) in [7, 11) is 0. The van der Waals surface area contributed by atoms with Crippen LogP contribution in [0.1, 0.15) is 0 Å². The molecule has 1 heterocycles. The van der Waals surface area contributed by atoms with Gasteiger partial charge in [-0.05, 0) is 41.8 Å². The molecule has 1 aromatic heterocycles. The lowest BCUT2D eigenvalue weighted by molar-refractivity contribution is 0.474. The first kappa shape index (κ1) is 11.8. The van der Waals surface area contributed by atoms with E-state index in [9.17, 15) is 15.0 Å². The van der Waals surface area contributed by atoms with Crippen LogP contribution < -0.4 is 5.43 Å². The van der Waals surface area contributed by atoms with Crippen molar-refractivity contribution in [2.45, 2.75) is 0 Å². The van der Waals surface area contributed by atoms with Gasteiger partial charge in [-0.2, -0.15) is 0 Å². The Morgan fingerprint density at radius 3 is 2.24 bits per heavy atom. The largest absolute Gasteiger partial charge is 0.508 e. The molecule has 0 unspecified atom stereocenters. The zero-order valence-electron chi connectivity index (χ0n) is 10.8. The third-order valence-corrected chi connectivity index (χ3v) is 3.62. The number of rotatable bonds is 0. The highest BCUT2D eigenvalue weighted by atomic mass is 16.3. The third kappa shape index (κ3) is 1.66. The quantitative estimate of drug-likeness (QED) is 0.381. The monoisotopic (exact) mass is 278 g/mol. The molecule has 2 N–H and O–H groups in total. The Kier molecular flexibility index (Phi) is 2.24. The summed E-state index contributed by atoms with van der Waals surface area (Å²) in [5.74, 6) is 0.200. The fourth-order valence-corrected chi connectivity index (χ4v) is 2.62. The van der Waals surface area contributed by atoms with Crippen LogP contribution in [0.5, 0.6) is 11.5 Å². The summed E-state index contributed by atoms with van der Waals surface area (Å²) in [5, 5.41) is 21.5. The molecule has 0 spiro atoms. The molecule has 0 aliphatic carbocycles. The normalized spacial score (nSPS) is 11.4. The van der Waals surface area contributed by atoms with Crippen LogP contribution in [0.3, 0.4) is 0 Å². The van der Waals surface area contributed by atoms with E-state index < -0.39 is 0 Å². The molecule has 3 aromatic carbocycles. The number of aromatic hydroxyl groups is 2. The van der Waals surface area contributed by atoms with Crippen molar-refractivity contribution >= 4 is 32.7 Å². The van der Waals surface area contributed by atoms with Gasteiger partial charge in [0.2, 0.25) is 5.43 Å². The number of fused-ring (bicyclic) bond motifs is 4. The minimum atomic E-state index is -0.138. The molecule has 4 rings (SSSR count). The number of hydrogen-bond donors (Lipinski definition) is 2. The predicted molar refractivity (Wildman–Crippen MR) is 80.8 cm³/mol. The first-order chi connectivity index (χ1) is 10.1. The second-order valence-electron chi connectivity index (χ2n) is 4.96. The molecule has 0 aliphatic heterocycles. The topological polar surface area (TPSA) is 70.7 Å². The molecule has 102 valence electrons. The molecule has 4 nitrogen and oxygen atoms in total. The Morgan fingerprint density at radius 2 is 1.43 bits per heavy atom. The van der Waals surface area contributed by atoms with E-state index in [2.05, 4.69) is 0 Å². The van der Waals surface area contributed by atoms with Crippen molar-refractivity contribution < 1.29 is 14.6 Å². The van der Waals surface area contributed by atoms with Crippen molar-refractivity contribution in [3.63, 3.8) is 0 Å². The molecular weight excluding hydrogens is 268 g/mol. The van der Waals surface area contributed by atoms with Gasteiger partial charge < -0.3 is 14.6 Å². The van der Waals surface area contributed by atoms with Crippen molar-refractivity contribution in [2.24, 2.45) is 0 Å². The first-order valence-corrected chi connectivity index (χ1v) is 6.45. The highest BCUT2D eigenvalue weighted by molar-refractivity contribution is 6.06. The van der Waals surface area contributed by atoms with E-state index in [0.717, 1.165) is 10.8 Å². The highest BCUT2D eigenvalue weighted by Crippen LogP contribution is 2.29. The van der Waals surface area contributed by atoms with E-state index in [4.69, 9.17) is 4.42 Å². The lowest BCUT2D eigenvalue weighted by Crippen LogP contribution is -2.01. The zero-order valence-corrected chi connectivity index (χ0v) is 10.8. The van der Waals surface area contributed by atoms with Crippen molar-refractivity contribution in [1.29, 1.82) is 0 Å². The van der Waals surface area contributed by atoms with E-state index in [-0.39, 0.29) is 16.9 Å². The summed E-state index contributed by atoms with van der Waals surface area (Å²) in [6, 6.07) is 12.8. The van der Waals surface area contributed by atoms with Crippen LogP contribution in [0.2, 0.25) is 0 Å². The second-order valence-corrected chi connectivity index (χ2v) is 4.96. The Hall–Kier alpha value is -3.01. The lowest BCUT2D eigenvalue weighted by atomic mass is 10.1. The molecule has 0 radical (unpaired) electrons. The molecule has 0 aliphatic rings. The van der Waals surface area contributed by atoms with Crippen molar-refractivity contribution in [1.82, 2.24) is 0 Å². The SMILES string of the molecule is O=c1c2ccc(O)cc2oc2c1ccc1cc(O)ccc12. The van der Waals surface area contributed by atoms with Crippen LogP contribution in [0, 0.1) is 0 Å². The molecule has 0 atom stereocenters. The van der Waals surface area contributed by atoms with Crippen LogP contribution >= 0.6 is 0 Å². The molecule has 0 bridgehead atoms. The van der Waals surface area contributed by atoms with Crippen LogP contribution in [0.4, 0.5) is 0 Å². The van der Waals surface area contributed by atoms with Crippen LogP contribution in [0.25, 0.3) is 32.7 Å². The van der Waals surface area contributed by atoms with Gasteiger partial charge in [-0.3, -0.25) is 4.79 Å². The zero-order chi connectivity index (χ0) is 14.6. The molecule has 0 amide bonds. The van der Waals surface area contributed by atoms with Gasteiger partial charge in [0.1, 0.15) is 22.7 Å². The Morgan fingerprint density at radius 1 is 0.762 bits per heavy atom. The summed E-state index contributed by atoms with van der Waals surface area (Å²) in [6.07, 6.45) is 0. The maximum atomic E-state index is 12.5. The van der Waals surface area contributed by atoms with Crippen LogP contribution in [-0.4, -0.2) is 10.2 Å².